The molecule has 0 atom stereocenters. The molecule has 4 aromatic rings. The minimum Gasteiger partial charge on any atom is -0.483 e. The molecule has 36 heavy (non-hydrogen) atoms. The van der Waals surface area contributed by atoms with Crippen molar-refractivity contribution in [3.05, 3.63) is 88.3 Å². The predicted octanol–water partition coefficient (Wildman–Crippen LogP) is 6.20. The van der Waals surface area contributed by atoms with Gasteiger partial charge in [-0.2, -0.15) is 5.01 Å². The number of hydrogen-bond donors (Lipinski definition) is 2. The van der Waals surface area contributed by atoms with Gasteiger partial charge in [-0.3, -0.25) is 15.0 Å². The average molecular weight is 553 g/mol. The van der Waals surface area contributed by atoms with Crippen LogP contribution in [0.2, 0.25) is 5.02 Å². The Balaban J connectivity index is 1.27. The number of thioether (sulfide) groups is 1. The van der Waals surface area contributed by atoms with Crippen LogP contribution >= 0.6 is 46.9 Å². The zero-order chi connectivity index (χ0) is 25.1. The number of halogens is 1. The third-order valence-corrected chi connectivity index (χ3v) is 7.48. The molecule has 3 aromatic carbocycles. The topological polar surface area (TPSA) is 83.6 Å². The zero-order valence-corrected chi connectivity index (χ0v) is 21.6. The minimum atomic E-state index is -0.321. The second-order valence-electron chi connectivity index (χ2n) is 7.50. The van der Waals surface area contributed by atoms with Crippen molar-refractivity contribution in [2.45, 2.75) is 0 Å². The van der Waals surface area contributed by atoms with Gasteiger partial charge in [0.1, 0.15) is 5.75 Å². The summed E-state index contributed by atoms with van der Waals surface area (Å²) in [6, 6.07) is 21.7. The van der Waals surface area contributed by atoms with Crippen LogP contribution in [-0.2, 0) is 9.59 Å². The van der Waals surface area contributed by atoms with Gasteiger partial charge >= 0.3 is 0 Å². The highest BCUT2D eigenvalue weighted by atomic mass is 35.5. The van der Waals surface area contributed by atoms with Gasteiger partial charge in [0.2, 0.25) is 5.13 Å². The van der Waals surface area contributed by atoms with E-state index < -0.39 is 0 Å². The van der Waals surface area contributed by atoms with Crippen molar-refractivity contribution >= 4 is 90.2 Å². The highest BCUT2D eigenvalue weighted by Gasteiger charge is 2.33. The third-order valence-electron chi connectivity index (χ3n) is 4.99. The number of thiazole rings is 1. The molecule has 1 aliphatic rings. The van der Waals surface area contributed by atoms with Crippen molar-refractivity contribution in [3.63, 3.8) is 0 Å². The molecule has 5 rings (SSSR count). The summed E-state index contributed by atoms with van der Waals surface area (Å²) < 4.78 is 7.12. The maximum absolute atomic E-state index is 13.1. The molecule has 0 bridgehead atoms. The van der Waals surface area contributed by atoms with Gasteiger partial charge in [-0.1, -0.05) is 65.0 Å². The summed E-state index contributed by atoms with van der Waals surface area (Å²) in [6.07, 6.45) is 1.70. The van der Waals surface area contributed by atoms with Crippen LogP contribution in [-0.4, -0.2) is 32.7 Å². The Labute approximate surface area is 225 Å². The number of anilines is 2. The Morgan fingerprint density at radius 1 is 1.08 bits per heavy atom. The summed E-state index contributed by atoms with van der Waals surface area (Å²) in [5.74, 6) is -0.147. The van der Waals surface area contributed by atoms with Crippen molar-refractivity contribution < 1.29 is 14.3 Å². The smallest absolute Gasteiger partial charge is 0.285 e. The van der Waals surface area contributed by atoms with Crippen molar-refractivity contribution in [3.8, 4) is 5.75 Å². The second kappa shape index (κ2) is 10.7. The molecule has 180 valence electrons. The lowest BCUT2D eigenvalue weighted by molar-refractivity contribution is -0.121. The summed E-state index contributed by atoms with van der Waals surface area (Å²) in [7, 11) is 0. The number of carbonyl (C=O) groups is 2. The molecule has 2 heterocycles. The van der Waals surface area contributed by atoms with Gasteiger partial charge in [0.25, 0.3) is 11.8 Å². The Morgan fingerprint density at radius 3 is 2.64 bits per heavy atom. The number of hydrazine groups is 1. The van der Waals surface area contributed by atoms with Gasteiger partial charge in [-0.25, -0.2) is 4.98 Å². The van der Waals surface area contributed by atoms with E-state index in [0.717, 1.165) is 10.2 Å². The molecule has 0 unspecified atom stereocenters. The van der Waals surface area contributed by atoms with Crippen LogP contribution in [0.1, 0.15) is 5.56 Å². The van der Waals surface area contributed by atoms with E-state index in [4.69, 9.17) is 28.6 Å². The van der Waals surface area contributed by atoms with Gasteiger partial charge in [0.05, 0.1) is 15.1 Å². The second-order valence-corrected chi connectivity index (χ2v) is 10.6. The van der Waals surface area contributed by atoms with Crippen LogP contribution in [0.3, 0.4) is 0 Å². The highest BCUT2D eigenvalue weighted by molar-refractivity contribution is 8.26. The summed E-state index contributed by atoms with van der Waals surface area (Å²) in [4.78, 5) is 30.3. The summed E-state index contributed by atoms with van der Waals surface area (Å²) >= 11 is 13.9. The van der Waals surface area contributed by atoms with E-state index in [1.165, 1.54) is 28.1 Å². The lowest BCUT2D eigenvalue weighted by Crippen LogP contribution is -2.33. The van der Waals surface area contributed by atoms with E-state index in [0.29, 0.717) is 36.4 Å². The van der Waals surface area contributed by atoms with Crippen molar-refractivity contribution in [1.29, 1.82) is 0 Å². The Kier molecular flexibility index (Phi) is 7.19. The highest BCUT2D eigenvalue weighted by Crippen LogP contribution is 2.35. The Bertz CT molecular complexity index is 1470. The van der Waals surface area contributed by atoms with Crippen LogP contribution in [0.4, 0.5) is 10.8 Å². The summed E-state index contributed by atoms with van der Waals surface area (Å²) in [5, 5.41) is 5.22. The van der Waals surface area contributed by atoms with Crippen LogP contribution in [0.15, 0.2) is 77.7 Å². The Morgan fingerprint density at radius 2 is 1.83 bits per heavy atom. The van der Waals surface area contributed by atoms with Crippen molar-refractivity contribution in [2.24, 2.45) is 0 Å². The van der Waals surface area contributed by atoms with E-state index in [2.05, 4.69) is 15.7 Å². The molecule has 1 aliphatic heterocycles. The molecule has 7 nitrogen and oxygen atoms in total. The molecule has 1 saturated heterocycles. The minimum absolute atomic E-state index is 0.201. The first-order valence-corrected chi connectivity index (χ1v) is 13.1. The van der Waals surface area contributed by atoms with E-state index in [-0.39, 0.29) is 18.4 Å². The van der Waals surface area contributed by atoms with E-state index >= 15 is 0 Å². The number of thiocarbonyl (C=S) groups is 1. The molecule has 1 aromatic heterocycles. The van der Waals surface area contributed by atoms with Crippen LogP contribution in [0.25, 0.3) is 16.3 Å². The zero-order valence-electron chi connectivity index (χ0n) is 18.4. The SMILES string of the molecule is O=C(COc1ccccc1/C=C1\SC(=S)N(Nc2nc3ccccc3s2)C1=O)Nc1ccc(Cl)cc1. The normalized spacial score (nSPS) is 14.5. The average Bonchev–Trinajstić information content (AvgIpc) is 3.40. The first-order valence-electron chi connectivity index (χ1n) is 10.6. The molecule has 11 heteroatoms. The molecule has 2 amide bonds. The fourth-order valence-electron chi connectivity index (χ4n) is 3.33. The molecule has 0 saturated carbocycles. The number of rotatable bonds is 7. The number of carbonyl (C=O) groups excluding carboxylic acids is 2. The van der Waals surface area contributed by atoms with E-state index in [1.54, 1.807) is 48.5 Å². The lowest BCUT2D eigenvalue weighted by Gasteiger charge is -2.14. The standard InChI is InChI=1S/C25H17ClN4O3S3/c26-16-9-11-17(12-10-16)27-22(31)14-33-19-7-3-1-5-15(19)13-21-23(32)30(25(34)36-21)29-24-28-18-6-2-4-8-20(18)35-24/h1-13H,14H2,(H,27,31)(H,28,29)/b21-13-. The first kappa shape index (κ1) is 24.3. The molecule has 1 fully saturated rings. The van der Waals surface area contributed by atoms with Gasteiger partial charge < -0.3 is 10.1 Å². The molecule has 0 spiro atoms. The van der Waals surface area contributed by atoms with Gasteiger partial charge in [0.15, 0.2) is 10.9 Å². The van der Waals surface area contributed by atoms with E-state index in [9.17, 15) is 9.59 Å². The largest absolute Gasteiger partial charge is 0.483 e. The van der Waals surface area contributed by atoms with Crippen LogP contribution < -0.4 is 15.5 Å². The number of ether oxygens (including phenoxy) is 1. The molecule has 2 N–H and O–H groups in total. The summed E-state index contributed by atoms with van der Waals surface area (Å²) in [5.41, 5.74) is 5.13. The number of hydrogen-bond acceptors (Lipinski definition) is 8. The third kappa shape index (κ3) is 5.52. The number of nitrogens with zero attached hydrogens (tertiary/aromatic N) is 2. The van der Waals surface area contributed by atoms with E-state index in [1.807, 2.05) is 30.3 Å². The van der Waals surface area contributed by atoms with Crippen LogP contribution in [0.5, 0.6) is 5.75 Å². The molecule has 0 radical (unpaired) electrons. The lowest BCUT2D eigenvalue weighted by atomic mass is 10.2. The maximum atomic E-state index is 13.1. The molecule has 0 aliphatic carbocycles. The monoisotopic (exact) mass is 552 g/mol. The molecular weight excluding hydrogens is 536 g/mol. The number of aromatic nitrogens is 1. The fourth-order valence-corrected chi connectivity index (χ4v) is 5.48. The summed E-state index contributed by atoms with van der Waals surface area (Å²) in [6.45, 7) is -0.201. The number of nitrogens with one attached hydrogen (secondary N) is 2. The van der Waals surface area contributed by atoms with Gasteiger partial charge in [0, 0.05) is 16.3 Å². The van der Waals surface area contributed by atoms with Gasteiger partial charge in [-0.05, 0) is 60.8 Å². The number of amides is 2. The predicted molar refractivity (Wildman–Crippen MR) is 150 cm³/mol. The number of fused-ring (bicyclic) bond motifs is 1. The van der Waals surface area contributed by atoms with Gasteiger partial charge in [-0.15, -0.1) is 0 Å². The molecular formula is C25H17ClN4O3S3. The fraction of sp³-hybridized carbons (Fsp3) is 0.0400. The van der Waals surface area contributed by atoms with Crippen molar-refractivity contribution in [2.75, 3.05) is 17.3 Å². The number of para-hydroxylation sites is 2. The van der Waals surface area contributed by atoms with Crippen molar-refractivity contribution in [1.82, 2.24) is 9.99 Å². The first-order chi connectivity index (χ1) is 17.5. The van der Waals surface area contributed by atoms with Crippen LogP contribution in [0, 0.1) is 0 Å². The maximum Gasteiger partial charge on any atom is 0.285 e. The quantitative estimate of drug-likeness (QED) is 0.209. The Hall–Kier alpha value is -3.44. The number of benzene rings is 3.